The Bertz CT molecular complexity index is 596. The molecule has 0 aliphatic rings. The smallest absolute Gasteiger partial charge is 0.142 e. The van der Waals surface area contributed by atoms with Gasteiger partial charge < -0.3 is 14.8 Å². The lowest BCUT2D eigenvalue weighted by Gasteiger charge is -2.20. The summed E-state index contributed by atoms with van der Waals surface area (Å²) in [5, 5.41) is 3.50. The second-order valence-corrected chi connectivity index (χ2v) is 5.04. The van der Waals surface area contributed by atoms with E-state index in [0.717, 1.165) is 22.7 Å². The zero-order valence-electron chi connectivity index (χ0n) is 13.1. The minimum absolute atomic E-state index is 0.129. The van der Waals surface area contributed by atoms with Gasteiger partial charge in [-0.1, -0.05) is 24.3 Å². The summed E-state index contributed by atoms with van der Waals surface area (Å²) in [6.45, 7) is 6.84. The molecule has 112 valence electrons. The molecule has 0 bridgehead atoms. The van der Waals surface area contributed by atoms with Crippen molar-refractivity contribution < 1.29 is 9.47 Å². The van der Waals surface area contributed by atoms with Crippen molar-refractivity contribution in [1.82, 2.24) is 0 Å². The number of hydrogen-bond acceptors (Lipinski definition) is 3. The van der Waals surface area contributed by atoms with Crippen LogP contribution in [0.3, 0.4) is 0 Å². The fourth-order valence-electron chi connectivity index (χ4n) is 2.35. The zero-order valence-corrected chi connectivity index (χ0v) is 13.1. The molecular weight excluding hydrogens is 262 g/mol. The quantitative estimate of drug-likeness (QED) is 0.843. The fraction of sp³-hybridized carbons (Fsp3) is 0.333. The van der Waals surface area contributed by atoms with Crippen LogP contribution in [0, 0.1) is 6.92 Å². The standard InChI is InChI=1S/C18H23NO2/c1-5-21-17-9-7-6-8-15(17)14(3)19-16-11-10-13(2)12-18(16)20-4/h6-12,14,19H,5H2,1-4H3. The van der Waals surface area contributed by atoms with Gasteiger partial charge in [0.25, 0.3) is 0 Å². The van der Waals surface area contributed by atoms with Crippen molar-refractivity contribution in [3.05, 3.63) is 53.6 Å². The average Bonchev–Trinajstić information content (AvgIpc) is 2.49. The van der Waals surface area contributed by atoms with E-state index < -0.39 is 0 Å². The predicted octanol–water partition coefficient (Wildman–Crippen LogP) is 4.58. The first-order valence-electron chi connectivity index (χ1n) is 7.28. The van der Waals surface area contributed by atoms with Gasteiger partial charge in [-0.05, 0) is 44.5 Å². The van der Waals surface area contributed by atoms with Gasteiger partial charge in [-0.3, -0.25) is 0 Å². The van der Waals surface area contributed by atoms with Crippen molar-refractivity contribution in [3.63, 3.8) is 0 Å². The molecule has 0 spiro atoms. The molecule has 0 radical (unpaired) electrons. The maximum absolute atomic E-state index is 5.70. The highest BCUT2D eigenvalue weighted by Gasteiger charge is 2.13. The minimum atomic E-state index is 0.129. The Balaban J connectivity index is 2.24. The first-order chi connectivity index (χ1) is 10.2. The maximum Gasteiger partial charge on any atom is 0.142 e. The van der Waals surface area contributed by atoms with E-state index in [2.05, 4.69) is 31.3 Å². The lowest BCUT2D eigenvalue weighted by molar-refractivity contribution is 0.335. The van der Waals surface area contributed by atoms with E-state index in [1.165, 1.54) is 5.56 Å². The number of nitrogens with one attached hydrogen (secondary N) is 1. The van der Waals surface area contributed by atoms with Crippen LogP contribution in [0.5, 0.6) is 11.5 Å². The Morgan fingerprint density at radius 1 is 1.10 bits per heavy atom. The highest BCUT2D eigenvalue weighted by molar-refractivity contribution is 5.59. The van der Waals surface area contributed by atoms with E-state index in [9.17, 15) is 0 Å². The third-order valence-corrected chi connectivity index (χ3v) is 3.41. The average molecular weight is 285 g/mol. The third kappa shape index (κ3) is 3.69. The number of methoxy groups -OCH3 is 1. The van der Waals surface area contributed by atoms with E-state index in [1.807, 2.05) is 37.3 Å². The number of ether oxygens (including phenoxy) is 2. The number of para-hydroxylation sites is 1. The largest absolute Gasteiger partial charge is 0.495 e. The predicted molar refractivity (Wildman–Crippen MR) is 87.4 cm³/mol. The molecule has 1 atom stereocenters. The van der Waals surface area contributed by atoms with Gasteiger partial charge in [0.1, 0.15) is 11.5 Å². The van der Waals surface area contributed by atoms with E-state index in [-0.39, 0.29) is 6.04 Å². The van der Waals surface area contributed by atoms with E-state index >= 15 is 0 Å². The number of benzene rings is 2. The van der Waals surface area contributed by atoms with Crippen LogP contribution in [0.15, 0.2) is 42.5 Å². The zero-order chi connectivity index (χ0) is 15.2. The van der Waals surface area contributed by atoms with E-state index in [1.54, 1.807) is 7.11 Å². The Kier molecular flexibility index (Phi) is 5.09. The maximum atomic E-state index is 5.70. The molecule has 0 aromatic heterocycles. The molecule has 0 aliphatic heterocycles. The molecule has 1 unspecified atom stereocenters. The molecule has 0 fully saturated rings. The summed E-state index contributed by atoms with van der Waals surface area (Å²) in [5.41, 5.74) is 3.31. The van der Waals surface area contributed by atoms with Gasteiger partial charge in [0.2, 0.25) is 0 Å². The van der Waals surface area contributed by atoms with E-state index in [4.69, 9.17) is 9.47 Å². The topological polar surface area (TPSA) is 30.5 Å². The third-order valence-electron chi connectivity index (χ3n) is 3.41. The monoisotopic (exact) mass is 285 g/mol. The van der Waals surface area contributed by atoms with Crippen molar-refractivity contribution in [1.29, 1.82) is 0 Å². The van der Waals surface area contributed by atoms with Crippen molar-refractivity contribution in [2.24, 2.45) is 0 Å². The molecule has 3 nitrogen and oxygen atoms in total. The molecule has 0 saturated heterocycles. The van der Waals surface area contributed by atoms with Crippen molar-refractivity contribution in [2.75, 3.05) is 19.0 Å². The highest BCUT2D eigenvalue weighted by atomic mass is 16.5. The lowest BCUT2D eigenvalue weighted by atomic mass is 10.1. The minimum Gasteiger partial charge on any atom is -0.495 e. The van der Waals surface area contributed by atoms with Crippen LogP contribution in [0.1, 0.15) is 31.0 Å². The van der Waals surface area contributed by atoms with Crippen LogP contribution in [-0.2, 0) is 0 Å². The van der Waals surface area contributed by atoms with Crippen LogP contribution >= 0.6 is 0 Å². The molecule has 2 aromatic rings. The number of aryl methyl sites for hydroxylation is 1. The number of hydrogen-bond donors (Lipinski definition) is 1. The Morgan fingerprint density at radius 2 is 1.86 bits per heavy atom. The molecule has 1 N–H and O–H groups in total. The van der Waals surface area contributed by atoms with Crippen LogP contribution in [-0.4, -0.2) is 13.7 Å². The van der Waals surface area contributed by atoms with Gasteiger partial charge >= 0.3 is 0 Å². The molecule has 0 amide bonds. The summed E-state index contributed by atoms with van der Waals surface area (Å²) in [5.74, 6) is 1.78. The summed E-state index contributed by atoms with van der Waals surface area (Å²) in [7, 11) is 1.69. The second kappa shape index (κ2) is 7.02. The molecular formula is C18H23NO2. The van der Waals surface area contributed by atoms with Gasteiger partial charge in [-0.2, -0.15) is 0 Å². The first kappa shape index (κ1) is 15.2. The van der Waals surface area contributed by atoms with Gasteiger partial charge in [0.05, 0.1) is 25.4 Å². The highest BCUT2D eigenvalue weighted by Crippen LogP contribution is 2.32. The fourth-order valence-corrected chi connectivity index (χ4v) is 2.35. The summed E-state index contributed by atoms with van der Waals surface area (Å²) >= 11 is 0. The second-order valence-electron chi connectivity index (χ2n) is 5.04. The number of rotatable bonds is 6. The molecule has 21 heavy (non-hydrogen) atoms. The van der Waals surface area contributed by atoms with Gasteiger partial charge in [0, 0.05) is 5.56 Å². The summed E-state index contributed by atoms with van der Waals surface area (Å²) < 4.78 is 11.1. The SMILES string of the molecule is CCOc1ccccc1C(C)Nc1ccc(C)cc1OC. The lowest BCUT2D eigenvalue weighted by Crippen LogP contribution is -2.09. The van der Waals surface area contributed by atoms with Crippen LogP contribution < -0.4 is 14.8 Å². The molecule has 2 rings (SSSR count). The van der Waals surface area contributed by atoms with Crippen LogP contribution in [0.2, 0.25) is 0 Å². The Labute approximate surface area is 126 Å². The Hall–Kier alpha value is -2.16. The Morgan fingerprint density at radius 3 is 2.57 bits per heavy atom. The van der Waals surface area contributed by atoms with Gasteiger partial charge in [0.15, 0.2) is 0 Å². The van der Waals surface area contributed by atoms with Crippen LogP contribution in [0.4, 0.5) is 5.69 Å². The van der Waals surface area contributed by atoms with Gasteiger partial charge in [-0.25, -0.2) is 0 Å². The van der Waals surface area contributed by atoms with E-state index in [0.29, 0.717) is 6.61 Å². The molecule has 0 aliphatic carbocycles. The normalized spacial score (nSPS) is 11.8. The summed E-state index contributed by atoms with van der Waals surface area (Å²) in [6, 6.07) is 14.4. The molecule has 3 heteroatoms. The van der Waals surface area contributed by atoms with Gasteiger partial charge in [-0.15, -0.1) is 0 Å². The van der Waals surface area contributed by atoms with Crippen molar-refractivity contribution in [2.45, 2.75) is 26.8 Å². The number of anilines is 1. The summed E-state index contributed by atoms with van der Waals surface area (Å²) in [6.07, 6.45) is 0. The summed E-state index contributed by atoms with van der Waals surface area (Å²) in [4.78, 5) is 0. The molecule has 2 aromatic carbocycles. The molecule has 0 heterocycles. The van der Waals surface area contributed by atoms with Crippen LogP contribution in [0.25, 0.3) is 0 Å². The van der Waals surface area contributed by atoms with Crippen molar-refractivity contribution in [3.8, 4) is 11.5 Å². The first-order valence-corrected chi connectivity index (χ1v) is 7.28. The van der Waals surface area contributed by atoms with Crippen molar-refractivity contribution >= 4 is 5.69 Å². The molecule has 0 saturated carbocycles.